The van der Waals surface area contributed by atoms with Gasteiger partial charge in [-0.25, -0.2) is 4.79 Å². The maximum absolute atomic E-state index is 12.2. The van der Waals surface area contributed by atoms with Crippen molar-refractivity contribution in [2.75, 3.05) is 26.2 Å². The van der Waals surface area contributed by atoms with Gasteiger partial charge in [-0.05, 0) is 38.8 Å². The molecule has 3 rings (SSSR count). The normalized spacial score (nSPS) is 23.4. The van der Waals surface area contributed by atoms with E-state index in [1.165, 1.54) is 25.8 Å². The lowest BCUT2D eigenvalue weighted by Gasteiger charge is -2.33. The highest BCUT2D eigenvalue weighted by atomic mass is 35.5. The average Bonchev–Trinajstić information content (AvgIpc) is 2.61. The summed E-state index contributed by atoms with van der Waals surface area (Å²) in [4.78, 5) is 14.7. The van der Waals surface area contributed by atoms with Crippen molar-refractivity contribution in [3.05, 3.63) is 28.8 Å². The number of carbonyl (C=O) groups is 1. The van der Waals surface area contributed by atoms with Gasteiger partial charge in [0.2, 0.25) is 0 Å². The van der Waals surface area contributed by atoms with E-state index in [4.69, 9.17) is 16.3 Å². The third-order valence-electron chi connectivity index (χ3n) is 5.18. The summed E-state index contributed by atoms with van der Waals surface area (Å²) in [5.74, 6) is 0.694. The molecule has 0 radical (unpaired) electrons. The maximum Gasteiger partial charge on any atom is 0.315 e. The SMILES string of the molecule is C[C@H]1CCCCN1CCCNC(=O)N[C@@H]1CCOc2c(Cl)cccc21. The van der Waals surface area contributed by atoms with Crippen molar-refractivity contribution >= 4 is 17.6 Å². The van der Waals surface area contributed by atoms with Gasteiger partial charge in [0, 0.05) is 31.1 Å². The third kappa shape index (κ3) is 4.79. The number of piperidine rings is 1. The molecule has 1 aromatic rings. The summed E-state index contributed by atoms with van der Waals surface area (Å²) in [7, 11) is 0. The molecule has 0 aliphatic carbocycles. The summed E-state index contributed by atoms with van der Waals surface area (Å²) in [6, 6.07) is 6.16. The number of para-hydroxylation sites is 1. The highest BCUT2D eigenvalue weighted by Crippen LogP contribution is 2.37. The smallest absolute Gasteiger partial charge is 0.315 e. The van der Waals surface area contributed by atoms with E-state index in [9.17, 15) is 4.79 Å². The summed E-state index contributed by atoms with van der Waals surface area (Å²) in [5, 5.41) is 6.62. The molecule has 0 saturated carbocycles. The highest BCUT2D eigenvalue weighted by molar-refractivity contribution is 6.32. The van der Waals surface area contributed by atoms with Crippen LogP contribution in [-0.2, 0) is 0 Å². The van der Waals surface area contributed by atoms with Crippen LogP contribution in [0.2, 0.25) is 5.02 Å². The molecule has 2 amide bonds. The summed E-state index contributed by atoms with van der Waals surface area (Å²) >= 11 is 6.17. The van der Waals surface area contributed by atoms with E-state index in [0.29, 0.717) is 30.0 Å². The van der Waals surface area contributed by atoms with Gasteiger partial charge in [0.15, 0.2) is 0 Å². The Labute approximate surface area is 155 Å². The van der Waals surface area contributed by atoms with Crippen LogP contribution in [0.15, 0.2) is 18.2 Å². The number of urea groups is 1. The predicted molar refractivity (Wildman–Crippen MR) is 100 cm³/mol. The Kier molecular flexibility index (Phi) is 6.43. The number of halogens is 1. The fourth-order valence-electron chi connectivity index (χ4n) is 3.72. The van der Waals surface area contributed by atoms with E-state index >= 15 is 0 Å². The minimum Gasteiger partial charge on any atom is -0.492 e. The van der Waals surface area contributed by atoms with Crippen LogP contribution in [0.1, 0.15) is 50.6 Å². The molecular formula is C19H28ClN3O2. The largest absolute Gasteiger partial charge is 0.492 e. The molecule has 1 fully saturated rings. The third-order valence-corrected chi connectivity index (χ3v) is 5.48. The van der Waals surface area contributed by atoms with Gasteiger partial charge in [-0.1, -0.05) is 30.2 Å². The Morgan fingerprint density at radius 2 is 2.24 bits per heavy atom. The van der Waals surface area contributed by atoms with E-state index in [1.807, 2.05) is 18.2 Å². The Morgan fingerprint density at radius 1 is 1.36 bits per heavy atom. The van der Waals surface area contributed by atoms with Gasteiger partial charge < -0.3 is 20.3 Å². The number of carbonyl (C=O) groups excluding carboxylic acids is 1. The molecule has 2 atom stereocenters. The number of amides is 2. The Morgan fingerprint density at radius 3 is 3.08 bits per heavy atom. The summed E-state index contributed by atoms with van der Waals surface area (Å²) in [6.45, 7) is 5.80. The van der Waals surface area contributed by atoms with Crippen LogP contribution < -0.4 is 15.4 Å². The lowest BCUT2D eigenvalue weighted by molar-refractivity contribution is 0.159. The van der Waals surface area contributed by atoms with E-state index in [0.717, 1.165) is 24.9 Å². The van der Waals surface area contributed by atoms with E-state index in [1.54, 1.807) is 0 Å². The van der Waals surface area contributed by atoms with Gasteiger partial charge in [0.1, 0.15) is 5.75 Å². The molecule has 2 aliphatic heterocycles. The fourth-order valence-corrected chi connectivity index (χ4v) is 3.96. The van der Waals surface area contributed by atoms with E-state index in [2.05, 4.69) is 22.5 Å². The van der Waals surface area contributed by atoms with Crippen LogP contribution >= 0.6 is 11.6 Å². The summed E-state index contributed by atoms with van der Waals surface area (Å²) < 4.78 is 5.63. The molecular weight excluding hydrogens is 338 g/mol. The number of likely N-dealkylation sites (tertiary alicyclic amines) is 1. The molecule has 2 heterocycles. The molecule has 5 nitrogen and oxygen atoms in total. The first kappa shape index (κ1) is 18.3. The van der Waals surface area contributed by atoms with Crippen LogP contribution in [0, 0.1) is 0 Å². The Hall–Kier alpha value is -1.46. The molecule has 2 N–H and O–H groups in total. The summed E-state index contributed by atoms with van der Waals surface area (Å²) in [5.41, 5.74) is 0.955. The molecule has 2 aliphatic rings. The lowest BCUT2D eigenvalue weighted by Crippen LogP contribution is -2.42. The fraction of sp³-hybridized carbons (Fsp3) is 0.632. The van der Waals surface area contributed by atoms with E-state index < -0.39 is 0 Å². The van der Waals surface area contributed by atoms with Crippen molar-refractivity contribution in [2.24, 2.45) is 0 Å². The Balaban J connectivity index is 1.42. The minimum atomic E-state index is -0.121. The van der Waals surface area contributed by atoms with Crippen molar-refractivity contribution in [1.29, 1.82) is 0 Å². The number of fused-ring (bicyclic) bond motifs is 1. The number of rotatable bonds is 5. The number of ether oxygens (including phenoxy) is 1. The number of hydrogen-bond acceptors (Lipinski definition) is 3. The zero-order valence-corrected chi connectivity index (χ0v) is 15.6. The van der Waals surface area contributed by atoms with Gasteiger partial charge in [0.25, 0.3) is 0 Å². The van der Waals surface area contributed by atoms with Crippen LogP contribution in [0.25, 0.3) is 0 Å². The highest BCUT2D eigenvalue weighted by Gasteiger charge is 2.24. The Bertz CT molecular complexity index is 596. The molecule has 0 spiro atoms. The van der Waals surface area contributed by atoms with Crippen LogP contribution in [0.5, 0.6) is 5.75 Å². The lowest BCUT2D eigenvalue weighted by atomic mass is 10.0. The van der Waals surface area contributed by atoms with Gasteiger partial charge in [-0.3, -0.25) is 0 Å². The molecule has 0 bridgehead atoms. The van der Waals surface area contributed by atoms with Crippen molar-refractivity contribution in [1.82, 2.24) is 15.5 Å². The first-order chi connectivity index (χ1) is 12.1. The van der Waals surface area contributed by atoms with Crippen LogP contribution in [-0.4, -0.2) is 43.2 Å². The number of nitrogens with one attached hydrogen (secondary N) is 2. The second-order valence-electron chi connectivity index (χ2n) is 6.98. The number of benzene rings is 1. The monoisotopic (exact) mass is 365 g/mol. The molecule has 0 aromatic heterocycles. The second-order valence-corrected chi connectivity index (χ2v) is 7.39. The zero-order chi connectivity index (χ0) is 17.6. The molecule has 1 saturated heterocycles. The second kappa shape index (κ2) is 8.77. The molecule has 25 heavy (non-hydrogen) atoms. The summed E-state index contributed by atoms with van der Waals surface area (Å²) in [6.07, 6.45) is 5.67. The standard InChI is InChI=1S/C19H28ClN3O2/c1-14-6-2-3-11-23(14)12-5-10-21-19(24)22-17-9-13-25-18-15(17)7-4-8-16(18)20/h4,7-8,14,17H,2-3,5-6,9-13H2,1H3,(H2,21,22,24)/t14-,17+/m0/s1. The predicted octanol–water partition coefficient (Wildman–Crippen LogP) is 3.73. The van der Waals surface area contributed by atoms with Gasteiger partial charge >= 0.3 is 6.03 Å². The molecule has 6 heteroatoms. The van der Waals surface area contributed by atoms with Crippen molar-refractivity contribution in [3.63, 3.8) is 0 Å². The number of nitrogens with zero attached hydrogens (tertiary/aromatic N) is 1. The van der Waals surface area contributed by atoms with Crippen molar-refractivity contribution in [3.8, 4) is 5.75 Å². The maximum atomic E-state index is 12.2. The average molecular weight is 366 g/mol. The van der Waals surface area contributed by atoms with Crippen molar-refractivity contribution < 1.29 is 9.53 Å². The van der Waals surface area contributed by atoms with Gasteiger partial charge in [0.05, 0.1) is 17.7 Å². The molecule has 0 unspecified atom stereocenters. The van der Waals surface area contributed by atoms with E-state index in [-0.39, 0.29) is 12.1 Å². The topological polar surface area (TPSA) is 53.6 Å². The quantitative estimate of drug-likeness (QED) is 0.782. The van der Waals surface area contributed by atoms with Crippen LogP contribution in [0.4, 0.5) is 4.79 Å². The van der Waals surface area contributed by atoms with Crippen molar-refractivity contribution in [2.45, 2.75) is 51.1 Å². The van der Waals surface area contributed by atoms with Gasteiger partial charge in [-0.15, -0.1) is 0 Å². The number of hydrogen-bond donors (Lipinski definition) is 2. The molecule has 138 valence electrons. The first-order valence-corrected chi connectivity index (χ1v) is 9.72. The zero-order valence-electron chi connectivity index (χ0n) is 14.9. The van der Waals surface area contributed by atoms with Gasteiger partial charge in [-0.2, -0.15) is 0 Å². The minimum absolute atomic E-state index is 0.0513. The van der Waals surface area contributed by atoms with Crippen LogP contribution in [0.3, 0.4) is 0 Å². The molecule has 1 aromatic carbocycles. The first-order valence-electron chi connectivity index (χ1n) is 9.35.